The van der Waals surface area contributed by atoms with Crippen molar-refractivity contribution in [2.45, 2.75) is 19.5 Å². The highest BCUT2D eigenvalue weighted by molar-refractivity contribution is 5.31. The number of hydrogen-bond donors (Lipinski definition) is 2. The Labute approximate surface area is 125 Å². The zero-order valence-corrected chi connectivity index (χ0v) is 12.1. The zero-order chi connectivity index (χ0) is 14.5. The molecule has 0 radical (unpaired) electrons. The van der Waals surface area contributed by atoms with Crippen LogP contribution in [0.25, 0.3) is 0 Å². The van der Waals surface area contributed by atoms with Gasteiger partial charge in [0.25, 0.3) is 0 Å². The van der Waals surface area contributed by atoms with E-state index in [1.165, 1.54) is 11.1 Å². The van der Waals surface area contributed by atoms with Gasteiger partial charge in [-0.3, -0.25) is 0 Å². The molecule has 1 heterocycles. The third kappa shape index (κ3) is 3.20. The van der Waals surface area contributed by atoms with Gasteiger partial charge in [-0.1, -0.05) is 60.7 Å². The van der Waals surface area contributed by atoms with Gasteiger partial charge in [-0.15, -0.1) is 0 Å². The highest BCUT2D eigenvalue weighted by atomic mass is 15.0. The molecule has 2 N–H and O–H groups in total. The molecule has 0 saturated heterocycles. The van der Waals surface area contributed by atoms with E-state index in [1.54, 1.807) is 6.33 Å². The molecule has 21 heavy (non-hydrogen) atoms. The summed E-state index contributed by atoms with van der Waals surface area (Å²) in [6.07, 6.45) is 1.74. The number of aromatic nitrogens is 2. The predicted molar refractivity (Wildman–Crippen MR) is 84.9 cm³/mol. The predicted octanol–water partition coefficient (Wildman–Crippen LogP) is 3.60. The average molecular weight is 277 g/mol. The molecular weight excluding hydrogens is 258 g/mol. The summed E-state index contributed by atoms with van der Waals surface area (Å²) in [6, 6.07) is 21.2. The Morgan fingerprint density at radius 2 is 1.52 bits per heavy atom. The van der Waals surface area contributed by atoms with E-state index in [1.807, 2.05) is 19.1 Å². The van der Waals surface area contributed by atoms with Gasteiger partial charge in [0.2, 0.25) is 0 Å². The Balaban J connectivity index is 1.85. The molecule has 2 aromatic carbocycles. The largest absolute Gasteiger partial charge is 0.348 e. The fraction of sp³-hybridized carbons (Fsp3) is 0.167. The highest BCUT2D eigenvalue weighted by Crippen LogP contribution is 2.22. The van der Waals surface area contributed by atoms with E-state index in [4.69, 9.17) is 0 Å². The van der Waals surface area contributed by atoms with E-state index in [0.717, 1.165) is 17.9 Å². The van der Waals surface area contributed by atoms with Crippen molar-refractivity contribution in [3.8, 4) is 0 Å². The fourth-order valence-electron chi connectivity index (χ4n) is 2.48. The van der Waals surface area contributed by atoms with Gasteiger partial charge in [-0.2, -0.15) is 0 Å². The maximum absolute atomic E-state index is 4.36. The normalized spacial score (nSPS) is 11.0. The second-order valence-electron chi connectivity index (χ2n) is 5.11. The van der Waals surface area contributed by atoms with Gasteiger partial charge in [0.15, 0.2) is 0 Å². The maximum atomic E-state index is 4.36. The molecule has 3 nitrogen and oxygen atoms in total. The molecule has 0 aliphatic rings. The summed E-state index contributed by atoms with van der Waals surface area (Å²) >= 11 is 0. The summed E-state index contributed by atoms with van der Waals surface area (Å²) in [4.78, 5) is 7.48. The molecular formula is C18H19N3. The number of aromatic amines is 1. The van der Waals surface area contributed by atoms with Gasteiger partial charge >= 0.3 is 0 Å². The number of H-pyrrole nitrogens is 1. The van der Waals surface area contributed by atoms with Crippen LogP contribution < -0.4 is 5.32 Å². The molecule has 0 unspecified atom stereocenters. The van der Waals surface area contributed by atoms with Gasteiger partial charge in [0, 0.05) is 12.2 Å². The van der Waals surface area contributed by atoms with Crippen LogP contribution in [0.2, 0.25) is 0 Å². The number of nitrogens with one attached hydrogen (secondary N) is 2. The van der Waals surface area contributed by atoms with Crippen molar-refractivity contribution in [1.29, 1.82) is 0 Å². The monoisotopic (exact) mass is 277 g/mol. The van der Waals surface area contributed by atoms with E-state index in [9.17, 15) is 0 Å². The number of hydrogen-bond acceptors (Lipinski definition) is 2. The number of rotatable bonds is 5. The lowest BCUT2D eigenvalue weighted by Gasteiger charge is -2.19. The summed E-state index contributed by atoms with van der Waals surface area (Å²) in [5.41, 5.74) is 4.70. The van der Waals surface area contributed by atoms with Crippen LogP contribution in [0.3, 0.4) is 0 Å². The zero-order valence-electron chi connectivity index (χ0n) is 12.1. The first kappa shape index (κ1) is 13.6. The molecule has 3 aromatic rings. The Morgan fingerprint density at radius 1 is 0.952 bits per heavy atom. The molecule has 3 heteroatoms. The standard InChI is InChI=1S/C18H19N3/c1-14-17(21-13-20-14)12-19-18(15-8-4-2-5-9-15)16-10-6-3-7-11-16/h2-11,13,18-19H,12H2,1H3,(H,20,21). The molecule has 0 aliphatic heterocycles. The van der Waals surface area contributed by atoms with Gasteiger partial charge in [0.05, 0.1) is 18.1 Å². The summed E-state index contributed by atoms with van der Waals surface area (Å²) in [5.74, 6) is 0. The van der Waals surface area contributed by atoms with Crippen molar-refractivity contribution in [2.75, 3.05) is 0 Å². The molecule has 3 rings (SSSR count). The number of nitrogens with zero attached hydrogens (tertiary/aromatic N) is 1. The second-order valence-corrected chi connectivity index (χ2v) is 5.11. The highest BCUT2D eigenvalue weighted by Gasteiger charge is 2.13. The minimum atomic E-state index is 0.170. The van der Waals surface area contributed by atoms with Crippen molar-refractivity contribution in [3.63, 3.8) is 0 Å². The fourth-order valence-corrected chi connectivity index (χ4v) is 2.48. The van der Waals surface area contributed by atoms with Crippen LogP contribution >= 0.6 is 0 Å². The van der Waals surface area contributed by atoms with Crippen molar-refractivity contribution in [2.24, 2.45) is 0 Å². The van der Waals surface area contributed by atoms with Crippen LogP contribution in [0.4, 0.5) is 0 Å². The lowest BCUT2D eigenvalue weighted by atomic mass is 9.98. The third-order valence-electron chi connectivity index (χ3n) is 3.67. The lowest BCUT2D eigenvalue weighted by molar-refractivity contribution is 0.596. The van der Waals surface area contributed by atoms with Crippen molar-refractivity contribution in [3.05, 3.63) is 89.5 Å². The topological polar surface area (TPSA) is 40.7 Å². The first-order chi connectivity index (χ1) is 10.3. The Bertz CT molecular complexity index is 634. The van der Waals surface area contributed by atoms with E-state index in [0.29, 0.717) is 0 Å². The molecule has 0 fully saturated rings. The quantitative estimate of drug-likeness (QED) is 0.748. The van der Waals surface area contributed by atoms with Gasteiger partial charge < -0.3 is 10.3 Å². The smallest absolute Gasteiger partial charge is 0.0925 e. The molecule has 0 spiro atoms. The first-order valence-electron chi connectivity index (χ1n) is 7.16. The summed E-state index contributed by atoms with van der Waals surface area (Å²) in [6.45, 7) is 2.79. The minimum Gasteiger partial charge on any atom is -0.348 e. The first-order valence-corrected chi connectivity index (χ1v) is 7.16. The SMILES string of the molecule is Cc1[nH]cnc1CNC(c1ccccc1)c1ccccc1. The molecule has 0 atom stereocenters. The maximum Gasteiger partial charge on any atom is 0.0925 e. The van der Waals surface area contributed by atoms with Gasteiger partial charge in [-0.05, 0) is 18.1 Å². The molecule has 106 valence electrons. The van der Waals surface area contributed by atoms with Crippen molar-refractivity contribution in [1.82, 2.24) is 15.3 Å². The summed E-state index contributed by atoms with van der Waals surface area (Å²) in [5, 5.41) is 3.61. The van der Waals surface area contributed by atoms with Crippen LogP contribution in [0, 0.1) is 6.92 Å². The van der Waals surface area contributed by atoms with E-state index in [2.05, 4.69) is 63.8 Å². The second kappa shape index (κ2) is 6.37. The molecule has 0 aliphatic carbocycles. The molecule has 1 aromatic heterocycles. The molecule has 0 saturated carbocycles. The summed E-state index contributed by atoms with van der Waals surface area (Å²) in [7, 11) is 0. The number of imidazole rings is 1. The molecule has 0 bridgehead atoms. The van der Waals surface area contributed by atoms with E-state index < -0.39 is 0 Å². The summed E-state index contributed by atoms with van der Waals surface area (Å²) < 4.78 is 0. The Hall–Kier alpha value is -2.39. The number of aryl methyl sites for hydroxylation is 1. The van der Waals surface area contributed by atoms with E-state index >= 15 is 0 Å². The van der Waals surface area contributed by atoms with E-state index in [-0.39, 0.29) is 6.04 Å². The van der Waals surface area contributed by atoms with Crippen molar-refractivity contribution < 1.29 is 0 Å². The van der Waals surface area contributed by atoms with Crippen LogP contribution in [0.15, 0.2) is 67.0 Å². The van der Waals surface area contributed by atoms with Crippen LogP contribution in [0.5, 0.6) is 0 Å². The van der Waals surface area contributed by atoms with Crippen LogP contribution in [-0.2, 0) is 6.54 Å². The van der Waals surface area contributed by atoms with Gasteiger partial charge in [-0.25, -0.2) is 4.98 Å². The average Bonchev–Trinajstić information content (AvgIpc) is 2.95. The Kier molecular flexibility index (Phi) is 4.12. The molecule has 0 amide bonds. The van der Waals surface area contributed by atoms with Gasteiger partial charge in [0.1, 0.15) is 0 Å². The van der Waals surface area contributed by atoms with Crippen molar-refractivity contribution >= 4 is 0 Å². The van der Waals surface area contributed by atoms with Crippen LogP contribution in [0.1, 0.15) is 28.6 Å². The number of benzene rings is 2. The third-order valence-corrected chi connectivity index (χ3v) is 3.67. The minimum absolute atomic E-state index is 0.170. The lowest BCUT2D eigenvalue weighted by Crippen LogP contribution is -2.22. The Morgan fingerprint density at radius 3 is 2.00 bits per heavy atom. The van der Waals surface area contributed by atoms with Crippen LogP contribution in [-0.4, -0.2) is 9.97 Å².